The van der Waals surface area contributed by atoms with Crippen LogP contribution in [0.3, 0.4) is 0 Å². The zero-order valence-corrected chi connectivity index (χ0v) is 7.28. The standard InChI is InChI=1S/C10H16O2/c11-6-10(12)5-9-4-7-1-2-8(9)3-7/h6-10,12H,1-5H2. The van der Waals surface area contributed by atoms with Gasteiger partial charge in [0, 0.05) is 0 Å². The largest absolute Gasteiger partial charge is 0.386 e. The Hall–Kier alpha value is -0.370. The average molecular weight is 168 g/mol. The van der Waals surface area contributed by atoms with Gasteiger partial charge in [0.05, 0.1) is 0 Å². The quantitative estimate of drug-likeness (QED) is 0.646. The van der Waals surface area contributed by atoms with Gasteiger partial charge in [-0.1, -0.05) is 6.42 Å². The van der Waals surface area contributed by atoms with Crippen molar-refractivity contribution >= 4 is 6.29 Å². The molecule has 2 bridgehead atoms. The van der Waals surface area contributed by atoms with Crippen LogP contribution in [0.1, 0.15) is 32.1 Å². The Bertz CT molecular complexity index is 179. The van der Waals surface area contributed by atoms with Gasteiger partial charge in [0.2, 0.25) is 0 Å². The van der Waals surface area contributed by atoms with E-state index in [4.69, 9.17) is 0 Å². The Morgan fingerprint density at radius 1 is 1.42 bits per heavy atom. The van der Waals surface area contributed by atoms with Crippen LogP contribution in [0.2, 0.25) is 0 Å². The number of carbonyl (C=O) groups is 1. The third kappa shape index (κ3) is 1.40. The minimum atomic E-state index is -0.700. The molecule has 2 aliphatic carbocycles. The Kier molecular flexibility index (Phi) is 2.18. The van der Waals surface area contributed by atoms with Crippen LogP contribution in [0.25, 0.3) is 0 Å². The lowest BCUT2D eigenvalue weighted by atomic mass is 9.85. The second kappa shape index (κ2) is 3.17. The molecule has 0 radical (unpaired) electrons. The molecule has 0 aromatic heterocycles. The van der Waals surface area contributed by atoms with Crippen LogP contribution in [0.5, 0.6) is 0 Å². The van der Waals surface area contributed by atoms with Crippen LogP contribution in [-0.4, -0.2) is 17.5 Å². The molecule has 12 heavy (non-hydrogen) atoms. The first-order valence-electron chi connectivity index (χ1n) is 4.93. The van der Waals surface area contributed by atoms with E-state index >= 15 is 0 Å². The van der Waals surface area contributed by atoms with Crippen LogP contribution in [0.4, 0.5) is 0 Å². The van der Waals surface area contributed by atoms with E-state index in [1.54, 1.807) is 0 Å². The van der Waals surface area contributed by atoms with E-state index in [0.717, 1.165) is 11.8 Å². The highest BCUT2D eigenvalue weighted by Gasteiger charge is 2.39. The van der Waals surface area contributed by atoms with E-state index in [2.05, 4.69) is 0 Å². The van der Waals surface area contributed by atoms with Crippen molar-refractivity contribution < 1.29 is 9.90 Å². The summed E-state index contributed by atoms with van der Waals surface area (Å²) in [6.45, 7) is 0. The summed E-state index contributed by atoms with van der Waals surface area (Å²) in [7, 11) is 0. The van der Waals surface area contributed by atoms with Crippen LogP contribution in [0, 0.1) is 17.8 Å². The zero-order chi connectivity index (χ0) is 8.55. The molecule has 2 nitrogen and oxygen atoms in total. The van der Waals surface area contributed by atoms with E-state index < -0.39 is 6.10 Å². The van der Waals surface area contributed by atoms with E-state index in [1.807, 2.05) is 0 Å². The van der Waals surface area contributed by atoms with Gasteiger partial charge in [0.25, 0.3) is 0 Å². The number of rotatable bonds is 3. The maximum atomic E-state index is 10.2. The first-order chi connectivity index (χ1) is 5.79. The van der Waals surface area contributed by atoms with Crippen molar-refractivity contribution in [2.45, 2.75) is 38.2 Å². The summed E-state index contributed by atoms with van der Waals surface area (Å²) in [6, 6.07) is 0. The number of hydrogen-bond acceptors (Lipinski definition) is 2. The zero-order valence-electron chi connectivity index (χ0n) is 7.28. The van der Waals surface area contributed by atoms with Gasteiger partial charge < -0.3 is 9.90 Å². The van der Waals surface area contributed by atoms with Crippen LogP contribution < -0.4 is 0 Å². The van der Waals surface area contributed by atoms with E-state index in [1.165, 1.54) is 25.7 Å². The van der Waals surface area contributed by atoms with Crippen LogP contribution in [0.15, 0.2) is 0 Å². The topological polar surface area (TPSA) is 37.3 Å². The van der Waals surface area contributed by atoms with Gasteiger partial charge >= 0.3 is 0 Å². The van der Waals surface area contributed by atoms with Gasteiger partial charge in [-0.15, -0.1) is 0 Å². The molecule has 2 saturated carbocycles. The van der Waals surface area contributed by atoms with Crippen LogP contribution >= 0.6 is 0 Å². The van der Waals surface area contributed by atoms with Crippen molar-refractivity contribution in [3.8, 4) is 0 Å². The van der Waals surface area contributed by atoms with Gasteiger partial charge in [-0.3, -0.25) is 0 Å². The third-order valence-electron chi connectivity index (χ3n) is 3.59. The molecule has 2 fully saturated rings. The van der Waals surface area contributed by atoms with Crippen molar-refractivity contribution in [3.05, 3.63) is 0 Å². The summed E-state index contributed by atoms with van der Waals surface area (Å²) >= 11 is 0. The number of fused-ring (bicyclic) bond motifs is 2. The van der Waals surface area contributed by atoms with Gasteiger partial charge in [-0.05, 0) is 43.4 Å². The molecule has 0 saturated heterocycles. The summed E-state index contributed by atoms with van der Waals surface area (Å²) in [5, 5.41) is 9.18. The normalized spacial score (nSPS) is 41.6. The Labute approximate surface area is 73.0 Å². The fourth-order valence-corrected chi connectivity index (χ4v) is 3.03. The van der Waals surface area contributed by atoms with Gasteiger partial charge in [0.1, 0.15) is 12.4 Å². The summed E-state index contributed by atoms with van der Waals surface area (Å²) < 4.78 is 0. The van der Waals surface area contributed by atoms with Crippen molar-refractivity contribution in [1.82, 2.24) is 0 Å². The first kappa shape index (κ1) is 8.24. The Morgan fingerprint density at radius 3 is 2.75 bits per heavy atom. The fourth-order valence-electron chi connectivity index (χ4n) is 3.03. The lowest BCUT2D eigenvalue weighted by molar-refractivity contribution is -0.115. The number of aliphatic hydroxyl groups excluding tert-OH is 1. The molecule has 0 spiro atoms. The minimum absolute atomic E-state index is 0.643. The molecule has 68 valence electrons. The lowest BCUT2D eigenvalue weighted by Gasteiger charge is -2.21. The molecule has 2 heteroatoms. The van der Waals surface area contributed by atoms with E-state index in [-0.39, 0.29) is 0 Å². The molecule has 4 atom stereocenters. The molecule has 0 aliphatic heterocycles. The third-order valence-corrected chi connectivity index (χ3v) is 3.59. The van der Waals surface area contributed by atoms with E-state index in [9.17, 15) is 9.90 Å². The smallest absolute Gasteiger partial charge is 0.148 e. The van der Waals surface area contributed by atoms with E-state index in [0.29, 0.717) is 18.6 Å². The molecule has 0 heterocycles. The number of aldehydes is 1. The molecular weight excluding hydrogens is 152 g/mol. The monoisotopic (exact) mass is 168 g/mol. The number of carbonyl (C=O) groups excluding carboxylic acids is 1. The molecular formula is C10H16O2. The number of hydrogen-bond donors (Lipinski definition) is 1. The fraction of sp³-hybridized carbons (Fsp3) is 0.900. The summed E-state index contributed by atoms with van der Waals surface area (Å²) in [5.41, 5.74) is 0. The van der Waals surface area contributed by atoms with Gasteiger partial charge in [-0.25, -0.2) is 0 Å². The maximum absolute atomic E-state index is 10.2. The Morgan fingerprint density at radius 2 is 2.25 bits per heavy atom. The highest BCUT2D eigenvalue weighted by atomic mass is 16.3. The van der Waals surface area contributed by atoms with Gasteiger partial charge in [0.15, 0.2) is 0 Å². The van der Waals surface area contributed by atoms with Gasteiger partial charge in [-0.2, -0.15) is 0 Å². The molecule has 2 rings (SSSR count). The number of aliphatic hydroxyl groups is 1. The summed E-state index contributed by atoms with van der Waals surface area (Å²) in [5.74, 6) is 2.38. The average Bonchev–Trinajstić information content (AvgIpc) is 2.64. The highest BCUT2D eigenvalue weighted by molar-refractivity contribution is 5.55. The highest BCUT2D eigenvalue weighted by Crippen LogP contribution is 2.49. The molecule has 4 unspecified atom stereocenters. The SMILES string of the molecule is O=CC(O)CC1CC2CCC1C2. The Balaban J connectivity index is 1.86. The molecule has 0 aromatic carbocycles. The molecule has 1 N–H and O–H groups in total. The van der Waals surface area contributed by atoms with Crippen molar-refractivity contribution in [2.75, 3.05) is 0 Å². The van der Waals surface area contributed by atoms with Crippen LogP contribution in [-0.2, 0) is 4.79 Å². The first-order valence-corrected chi connectivity index (χ1v) is 4.93. The molecule has 2 aliphatic rings. The van der Waals surface area contributed by atoms with Crippen molar-refractivity contribution in [2.24, 2.45) is 17.8 Å². The minimum Gasteiger partial charge on any atom is -0.386 e. The predicted octanol–water partition coefficient (Wildman–Crippen LogP) is 1.37. The summed E-state index contributed by atoms with van der Waals surface area (Å²) in [4.78, 5) is 10.2. The van der Waals surface area contributed by atoms with Crippen molar-refractivity contribution in [3.63, 3.8) is 0 Å². The molecule has 0 aromatic rings. The summed E-state index contributed by atoms with van der Waals surface area (Å²) in [6.07, 6.45) is 6.02. The predicted molar refractivity (Wildman–Crippen MR) is 45.6 cm³/mol. The maximum Gasteiger partial charge on any atom is 0.148 e. The lowest BCUT2D eigenvalue weighted by Crippen LogP contribution is -2.19. The molecule has 0 amide bonds. The second-order valence-corrected chi connectivity index (χ2v) is 4.37. The van der Waals surface area contributed by atoms with Crippen molar-refractivity contribution in [1.29, 1.82) is 0 Å². The second-order valence-electron chi connectivity index (χ2n) is 4.37.